The van der Waals surface area contributed by atoms with Crippen molar-refractivity contribution in [2.45, 2.75) is 25.8 Å². The highest BCUT2D eigenvalue weighted by atomic mass is 32.2. The molecule has 0 radical (unpaired) electrons. The third-order valence-corrected chi connectivity index (χ3v) is 5.13. The fourth-order valence-corrected chi connectivity index (χ4v) is 3.95. The lowest BCUT2D eigenvalue weighted by Gasteiger charge is -2.23. The summed E-state index contributed by atoms with van der Waals surface area (Å²) in [5, 5.41) is 3.12. The molecule has 1 fully saturated rings. The minimum atomic E-state index is -2.95. The Morgan fingerprint density at radius 1 is 1.45 bits per heavy atom. The number of rotatable bonds is 3. The molecule has 110 valence electrons. The topological polar surface area (TPSA) is 85.4 Å². The van der Waals surface area contributed by atoms with Crippen molar-refractivity contribution in [2.24, 2.45) is 0 Å². The summed E-state index contributed by atoms with van der Waals surface area (Å²) in [7, 11) is -1.63. The molecule has 1 saturated heterocycles. The molecule has 1 aliphatic rings. The van der Waals surface area contributed by atoms with Gasteiger partial charge in [-0.3, -0.25) is 0 Å². The third kappa shape index (κ3) is 3.47. The van der Waals surface area contributed by atoms with Crippen LogP contribution >= 0.6 is 0 Å². The molecule has 0 spiro atoms. The van der Waals surface area contributed by atoms with Gasteiger partial charge in [-0.15, -0.1) is 0 Å². The van der Waals surface area contributed by atoms with E-state index in [4.69, 9.17) is 0 Å². The zero-order valence-corrected chi connectivity index (χ0v) is 12.4. The number of aryl methyl sites for hydroxylation is 1. The molecule has 0 saturated carbocycles. The van der Waals surface area contributed by atoms with Crippen LogP contribution in [-0.2, 0) is 14.6 Å². The number of pyridine rings is 1. The molecule has 1 N–H and O–H groups in total. The van der Waals surface area contributed by atoms with Gasteiger partial charge in [-0.1, -0.05) is 0 Å². The molecule has 0 bridgehead atoms. The summed E-state index contributed by atoms with van der Waals surface area (Å²) in [5.74, 6) is 0.546. The molecular weight excluding hydrogens is 280 g/mol. The number of aromatic nitrogens is 1. The number of ether oxygens (including phenoxy) is 1. The summed E-state index contributed by atoms with van der Waals surface area (Å²) in [6, 6.07) is 3.18. The fraction of sp³-hybridized carbons (Fsp3) is 0.538. The van der Waals surface area contributed by atoms with E-state index >= 15 is 0 Å². The second kappa shape index (κ2) is 5.78. The Hall–Kier alpha value is -1.63. The van der Waals surface area contributed by atoms with Crippen molar-refractivity contribution < 1.29 is 17.9 Å². The Morgan fingerprint density at radius 3 is 2.80 bits per heavy atom. The maximum absolute atomic E-state index is 11.6. The highest BCUT2D eigenvalue weighted by Crippen LogP contribution is 2.18. The maximum Gasteiger partial charge on any atom is 0.339 e. The maximum atomic E-state index is 11.6. The molecule has 2 rings (SSSR count). The summed E-state index contributed by atoms with van der Waals surface area (Å²) in [4.78, 5) is 15.7. The average Bonchev–Trinajstić information content (AvgIpc) is 2.37. The van der Waals surface area contributed by atoms with Crippen molar-refractivity contribution in [3.05, 3.63) is 23.4 Å². The van der Waals surface area contributed by atoms with Crippen molar-refractivity contribution in [2.75, 3.05) is 23.9 Å². The van der Waals surface area contributed by atoms with Gasteiger partial charge in [0.15, 0.2) is 9.84 Å². The van der Waals surface area contributed by atoms with Gasteiger partial charge < -0.3 is 10.1 Å². The number of hydrogen-bond donors (Lipinski definition) is 1. The van der Waals surface area contributed by atoms with Gasteiger partial charge in [0.25, 0.3) is 0 Å². The highest BCUT2D eigenvalue weighted by molar-refractivity contribution is 7.91. The second-order valence-electron chi connectivity index (χ2n) is 4.92. The number of hydrogen-bond acceptors (Lipinski definition) is 6. The standard InChI is InChI=1S/C13H18N2O4S/c1-9-11(13(16)19-2)5-6-12(14-9)15-10-4-3-7-20(17,18)8-10/h5-6,10H,3-4,7-8H2,1-2H3,(H,14,15). The molecule has 6 nitrogen and oxygen atoms in total. The van der Waals surface area contributed by atoms with E-state index in [0.29, 0.717) is 23.5 Å². The van der Waals surface area contributed by atoms with E-state index in [2.05, 4.69) is 15.0 Å². The van der Waals surface area contributed by atoms with Crippen LogP contribution in [0.25, 0.3) is 0 Å². The lowest BCUT2D eigenvalue weighted by molar-refractivity contribution is 0.0599. The average molecular weight is 298 g/mol. The van der Waals surface area contributed by atoms with Crippen LogP contribution in [-0.4, -0.2) is 44.0 Å². The molecule has 0 aromatic carbocycles. The molecule has 0 aliphatic carbocycles. The summed E-state index contributed by atoms with van der Waals surface area (Å²) < 4.78 is 27.8. The van der Waals surface area contributed by atoms with Crippen LogP contribution in [0.3, 0.4) is 0 Å². The van der Waals surface area contributed by atoms with E-state index in [9.17, 15) is 13.2 Å². The molecule has 1 aromatic heterocycles. The summed E-state index contributed by atoms with van der Waals surface area (Å²) in [6.07, 6.45) is 1.47. The molecule has 1 atom stereocenters. The Bertz CT molecular complexity index is 613. The summed E-state index contributed by atoms with van der Waals surface area (Å²) >= 11 is 0. The number of nitrogens with zero attached hydrogens (tertiary/aromatic N) is 1. The predicted molar refractivity (Wildman–Crippen MR) is 75.6 cm³/mol. The first-order chi connectivity index (χ1) is 9.41. The Labute approximate surface area is 118 Å². The smallest absolute Gasteiger partial charge is 0.339 e. The first kappa shape index (κ1) is 14.8. The van der Waals surface area contributed by atoms with E-state index in [1.165, 1.54) is 7.11 Å². The number of carbonyl (C=O) groups excluding carboxylic acids is 1. The monoisotopic (exact) mass is 298 g/mol. The molecule has 20 heavy (non-hydrogen) atoms. The second-order valence-corrected chi connectivity index (χ2v) is 7.15. The van der Waals surface area contributed by atoms with Gasteiger partial charge in [0, 0.05) is 6.04 Å². The molecule has 0 amide bonds. The van der Waals surface area contributed by atoms with E-state index < -0.39 is 15.8 Å². The molecule has 2 heterocycles. The number of methoxy groups -OCH3 is 1. The Kier molecular flexibility index (Phi) is 4.27. The van der Waals surface area contributed by atoms with Crippen LogP contribution in [0, 0.1) is 6.92 Å². The lowest BCUT2D eigenvalue weighted by Crippen LogP contribution is -2.35. The minimum absolute atomic E-state index is 0.121. The fourth-order valence-electron chi connectivity index (χ4n) is 2.31. The Morgan fingerprint density at radius 2 is 2.20 bits per heavy atom. The predicted octanol–water partition coefficient (Wildman–Crippen LogP) is 1.17. The van der Waals surface area contributed by atoms with E-state index in [-0.39, 0.29) is 17.5 Å². The molecule has 1 aromatic rings. The van der Waals surface area contributed by atoms with Gasteiger partial charge in [0.1, 0.15) is 5.82 Å². The first-order valence-corrected chi connectivity index (χ1v) is 8.26. The SMILES string of the molecule is COC(=O)c1ccc(NC2CCCS(=O)(=O)C2)nc1C. The zero-order chi connectivity index (χ0) is 14.8. The number of carbonyl (C=O) groups is 1. The first-order valence-electron chi connectivity index (χ1n) is 6.44. The van der Waals surface area contributed by atoms with Gasteiger partial charge in [-0.2, -0.15) is 0 Å². The molecule has 7 heteroatoms. The van der Waals surface area contributed by atoms with Gasteiger partial charge in [-0.25, -0.2) is 18.2 Å². The summed E-state index contributed by atoms with van der Waals surface area (Å²) in [5.41, 5.74) is 0.967. The summed E-state index contributed by atoms with van der Waals surface area (Å²) in [6.45, 7) is 1.72. The number of esters is 1. The van der Waals surface area contributed by atoms with Crippen molar-refractivity contribution >= 4 is 21.6 Å². The Balaban J connectivity index is 2.11. The quantitative estimate of drug-likeness (QED) is 0.843. The normalized spacial score (nSPS) is 21.2. The number of sulfone groups is 1. The van der Waals surface area contributed by atoms with E-state index in [1.807, 2.05) is 0 Å². The van der Waals surface area contributed by atoms with Crippen LogP contribution in [0.2, 0.25) is 0 Å². The van der Waals surface area contributed by atoms with Crippen molar-refractivity contribution in [3.8, 4) is 0 Å². The minimum Gasteiger partial charge on any atom is -0.465 e. The molecule has 1 aliphatic heterocycles. The van der Waals surface area contributed by atoms with Crippen molar-refractivity contribution in [1.29, 1.82) is 0 Å². The van der Waals surface area contributed by atoms with Crippen LogP contribution in [0.15, 0.2) is 12.1 Å². The zero-order valence-electron chi connectivity index (χ0n) is 11.5. The van der Waals surface area contributed by atoms with Gasteiger partial charge in [-0.05, 0) is 31.9 Å². The van der Waals surface area contributed by atoms with Crippen LogP contribution in [0.5, 0.6) is 0 Å². The number of nitrogens with one attached hydrogen (secondary N) is 1. The highest BCUT2D eigenvalue weighted by Gasteiger charge is 2.25. The van der Waals surface area contributed by atoms with Gasteiger partial charge in [0.05, 0.1) is 29.9 Å². The lowest BCUT2D eigenvalue weighted by atomic mass is 10.1. The van der Waals surface area contributed by atoms with Crippen LogP contribution < -0.4 is 5.32 Å². The van der Waals surface area contributed by atoms with Gasteiger partial charge >= 0.3 is 5.97 Å². The van der Waals surface area contributed by atoms with Crippen LogP contribution in [0.1, 0.15) is 28.9 Å². The van der Waals surface area contributed by atoms with Crippen molar-refractivity contribution in [1.82, 2.24) is 4.98 Å². The molecule has 1 unspecified atom stereocenters. The van der Waals surface area contributed by atoms with E-state index in [1.54, 1.807) is 19.1 Å². The van der Waals surface area contributed by atoms with Crippen LogP contribution in [0.4, 0.5) is 5.82 Å². The van der Waals surface area contributed by atoms with Gasteiger partial charge in [0.2, 0.25) is 0 Å². The van der Waals surface area contributed by atoms with E-state index in [0.717, 1.165) is 6.42 Å². The number of anilines is 1. The molecular formula is C13H18N2O4S. The van der Waals surface area contributed by atoms with Crippen molar-refractivity contribution in [3.63, 3.8) is 0 Å². The largest absolute Gasteiger partial charge is 0.465 e. The third-order valence-electron chi connectivity index (χ3n) is 3.31.